The predicted molar refractivity (Wildman–Crippen MR) is 93.2 cm³/mol. The number of nitrogens with zero attached hydrogens (tertiary/aromatic N) is 1. The van der Waals surface area contributed by atoms with Crippen LogP contribution in [0.3, 0.4) is 0 Å². The zero-order chi connectivity index (χ0) is 18.6. The van der Waals surface area contributed by atoms with Crippen molar-refractivity contribution in [3.63, 3.8) is 0 Å². The Morgan fingerprint density at radius 3 is 2.48 bits per heavy atom. The van der Waals surface area contributed by atoms with Crippen LogP contribution in [0.4, 0.5) is 5.69 Å². The van der Waals surface area contributed by atoms with E-state index in [0.29, 0.717) is 21.2 Å². The fourth-order valence-corrected chi connectivity index (χ4v) is 2.62. The highest BCUT2D eigenvalue weighted by molar-refractivity contribution is 6.35. The molecule has 0 aliphatic rings. The van der Waals surface area contributed by atoms with Crippen LogP contribution in [0.2, 0.25) is 10.0 Å². The number of rotatable bonds is 7. The number of aliphatic carboxylic acids is 1. The molecule has 0 spiro atoms. The van der Waals surface area contributed by atoms with Crippen molar-refractivity contribution < 1.29 is 19.6 Å². The van der Waals surface area contributed by atoms with Gasteiger partial charge < -0.3 is 15.6 Å². The van der Waals surface area contributed by atoms with Gasteiger partial charge in [0.05, 0.1) is 4.92 Å². The Morgan fingerprint density at radius 2 is 1.92 bits per heavy atom. The summed E-state index contributed by atoms with van der Waals surface area (Å²) in [5.74, 6) is -1.16. The summed E-state index contributed by atoms with van der Waals surface area (Å²) in [4.78, 5) is 21.5. The third kappa shape index (κ3) is 4.82. The largest absolute Gasteiger partial charge is 0.482 e. The number of hydrogen-bond donors (Lipinski definition) is 2. The predicted octanol–water partition coefficient (Wildman–Crippen LogP) is 3.44. The van der Waals surface area contributed by atoms with Crippen molar-refractivity contribution in [2.75, 3.05) is 0 Å². The van der Waals surface area contributed by atoms with Crippen LogP contribution in [0.25, 0.3) is 0 Å². The van der Waals surface area contributed by atoms with Crippen LogP contribution in [-0.4, -0.2) is 22.0 Å². The maximum Gasteiger partial charge on any atom is 0.320 e. The Bertz CT molecular complexity index is 793. The third-order valence-electron chi connectivity index (χ3n) is 3.43. The highest BCUT2D eigenvalue weighted by atomic mass is 35.5. The summed E-state index contributed by atoms with van der Waals surface area (Å²) >= 11 is 12.1. The summed E-state index contributed by atoms with van der Waals surface area (Å²) in [6.45, 7) is -0.0483. The molecule has 7 nitrogen and oxygen atoms in total. The van der Waals surface area contributed by atoms with E-state index in [1.165, 1.54) is 18.2 Å². The van der Waals surface area contributed by atoms with Gasteiger partial charge >= 0.3 is 11.7 Å². The second-order valence-corrected chi connectivity index (χ2v) is 6.01. The van der Waals surface area contributed by atoms with Gasteiger partial charge in [0.15, 0.2) is 5.75 Å². The first-order valence-corrected chi connectivity index (χ1v) is 7.86. The molecule has 9 heteroatoms. The van der Waals surface area contributed by atoms with Gasteiger partial charge in [-0.2, -0.15) is 0 Å². The molecule has 25 heavy (non-hydrogen) atoms. The van der Waals surface area contributed by atoms with E-state index < -0.39 is 16.9 Å². The lowest BCUT2D eigenvalue weighted by atomic mass is 10.1. The number of hydrogen-bond acceptors (Lipinski definition) is 5. The zero-order valence-corrected chi connectivity index (χ0v) is 14.3. The third-order valence-corrected chi connectivity index (χ3v) is 4.13. The number of benzene rings is 2. The molecule has 0 saturated carbocycles. The highest BCUT2D eigenvalue weighted by Crippen LogP contribution is 2.31. The summed E-state index contributed by atoms with van der Waals surface area (Å²) in [5, 5.41) is 20.9. The number of carbonyl (C=O) groups is 1. The minimum absolute atomic E-state index is 0.0219. The standard InChI is InChI=1S/C16H14Cl2N2O5/c17-11-2-1-3-12(18)10(11)8-25-15-5-4-9(6-13(19)16(21)22)7-14(15)20(23)24/h1-5,7,13H,6,8,19H2,(H,21,22)/t13-/m0/s1. The maximum absolute atomic E-state index is 11.3. The van der Waals surface area contributed by atoms with E-state index in [4.69, 9.17) is 38.8 Å². The lowest BCUT2D eigenvalue weighted by Gasteiger charge is -2.11. The van der Waals surface area contributed by atoms with Crippen LogP contribution in [-0.2, 0) is 17.8 Å². The van der Waals surface area contributed by atoms with E-state index in [0.717, 1.165) is 0 Å². The number of nitro benzene ring substituents is 1. The second kappa shape index (κ2) is 8.15. The Morgan fingerprint density at radius 1 is 1.28 bits per heavy atom. The number of nitro groups is 1. The molecule has 0 unspecified atom stereocenters. The van der Waals surface area contributed by atoms with E-state index in [1.807, 2.05) is 0 Å². The molecular formula is C16H14Cl2N2O5. The number of ether oxygens (including phenoxy) is 1. The number of carboxylic acids is 1. The van der Waals surface area contributed by atoms with E-state index >= 15 is 0 Å². The minimum Gasteiger partial charge on any atom is -0.482 e. The molecule has 2 aromatic rings. The van der Waals surface area contributed by atoms with Gasteiger partial charge in [-0.05, 0) is 30.2 Å². The van der Waals surface area contributed by atoms with E-state index in [2.05, 4.69) is 0 Å². The van der Waals surface area contributed by atoms with Gasteiger partial charge in [-0.3, -0.25) is 14.9 Å². The highest BCUT2D eigenvalue weighted by Gasteiger charge is 2.19. The van der Waals surface area contributed by atoms with Gasteiger partial charge in [-0.1, -0.05) is 35.3 Å². The van der Waals surface area contributed by atoms with Crippen molar-refractivity contribution >= 4 is 34.9 Å². The van der Waals surface area contributed by atoms with Crippen LogP contribution in [0.15, 0.2) is 36.4 Å². The van der Waals surface area contributed by atoms with Gasteiger partial charge in [0.1, 0.15) is 12.6 Å². The molecule has 0 heterocycles. The summed E-state index contributed by atoms with van der Waals surface area (Å²) < 4.78 is 5.50. The molecule has 0 amide bonds. The van der Waals surface area contributed by atoms with Crippen molar-refractivity contribution in [1.29, 1.82) is 0 Å². The van der Waals surface area contributed by atoms with E-state index in [1.54, 1.807) is 18.2 Å². The Balaban J connectivity index is 2.23. The van der Waals surface area contributed by atoms with Crippen molar-refractivity contribution in [3.8, 4) is 5.75 Å². The normalized spacial score (nSPS) is 11.8. The average molecular weight is 385 g/mol. The molecule has 2 aromatic carbocycles. The Labute approximate surface area is 153 Å². The molecule has 132 valence electrons. The van der Waals surface area contributed by atoms with Crippen molar-refractivity contribution in [2.24, 2.45) is 5.73 Å². The lowest BCUT2D eigenvalue weighted by molar-refractivity contribution is -0.386. The molecule has 0 aromatic heterocycles. The van der Waals surface area contributed by atoms with Gasteiger partial charge in [0, 0.05) is 21.7 Å². The van der Waals surface area contributed by atoms with Crippen LogP contribution in [0.5, 0.6) is 5.75 Å². The Kier molecular flexibility index (Phi) is 6.19. The summed E-state index contributed by atoms with van der Waals surface area (Å²) in [6.07, 6.45) is -0.0349. The first-order valence-electron chi connectivity index (χ1n) is 7.11. The van der Waals surface area contributed by atoms with Crippen LogP contribution in [0.1, 0.15) is 11.1 Å². The summed E-state index contributed by atoms with van der Waals surface area (Å²) in [7, 11) is 0. The quantitative estimate of drug-likeness (QED) is 0.557. The lowest BCUT2D eigenvalue weighted by Crippen LogP contribution is -2.32. The monoisotopic (exact) mass is 384 g/mol. The molecule has 2 rings (SSSR count). The molecule has 1 atom stereocenters. The molecule has 0 fully saturated rings. The van der Waals surface area contributed by atoms with Crippen molar-refractivity contribution in [1.82, 2.24) is 0 Å². The van der Waals surface area contributed by atoms with Crippen LogP contribution in [0, 0.1) is 10.1 Å². The van der Waals surface area contributed by atoms with Crippen molar-refractivity contribution in [2.45, 2.75) is 19.1 Å². The van der Waals surface area contributed by atoms with Gasteiger partial charge in [0.25, 0.3) is 0 Å². The first-order chi connectivity index (χ1) is 11.8. The second-order valence-electron chi connectivity index (χ2n) is 5.20. The van der Waals surface area contributed by atoms with Gasteiger partial charge in [0.2, 0.25) is 0 Å². The zero-order valence-electron chi connectivity index (χ0n) is 12.8. The molecule has 0 radical (unpaired) electrons. The molecule has 3 N–H and O–H groups in total. The first kappa shape index (κ1) is 19.0. The molecule has 0 saturated heterocycles. The van der Waals surface area contributed by atoms with Crippen LogP contribution < -0.4 is 10.5 Å². The van der Waals surface area contributed by atoms with Crippen LogP contribution >= 0.6 is 23.2 Å². The molecule has 0 aliphatic heterocycles. The molecule has 0 aliphatic carbocycles. The van der Waals surface area contributed by atoms with Crippen molar-refractivity contribution in [3.05, 3.63) is 67.7 Å². The number of carboxylic acid groups (broad SMARTS) is 1. The maximum atomic E-state index is 11.3. The van der Waals surface area contributed by atoms with Gasteiger partial charge in [-0.15, -0.1) is 0 Å². The summed E-state index contributed by atoms with van der Waals surface area (Å²) in [6, 6.07) is 7.97. The fourth-order valence-electron chi connectivity index (χ4n) is 2.12. The molecular weight excluding hydrogens is 371 g/mol. The topological polar surface area (TPSA) is 116 Å². The average Bonchev–Trinajstić information content (AvgIpc) is 2.55. The number of nitrogens with two attached hydrogens (primary N) is 1. The van der Waals surface area contributed by atoms with E-state index in [9.17, 15) is 14.9 Å². The Hall–Kier alpha value is -2.35. The smallest absolute Gasteiger partial charge is 0.320 e. The molecule has 0 bridgehead atoms. The van der Waals surface area contributed by atoms with Gasteiger partial charge in [-0.25, -0.2) is 0 Å². The van der Waals surface area contributed by atoms with E-state index in [-0.39, 0.29) is 24.5 Å². The summed E-state index contributed by atoms with van der Waals surface area (Å²) in [5.41, 5.74) is 6.09. The fraction of sp³-hybridized carbons (Fsp3) is 0.188. The SMILES string of the molecule is N[C@@H](Cc1ccc(OCc2c(Cl)cccc2Cl)c([N+](=O)[O-])c1)C(=O)O. The number of halogens is 2. The minimum atomic E-state index is -1.18.